The second-order valence-electron chi connectivity index (χ2n) is 10.8. The molecule has 1 fully saturated rings. The summed E-state index contributed by atoms with van der Waals surface area (Å²) in [5.41, 5.74) is 4.99. The van der Waals surface area contributed by atoms with Gasteiger partial charge in [-0.1, -0.05) is 38.1 Å². The number of ketones is 1. The number of aromatic nitrogens is 2. The summed E-state index contributed by atoms with van der Waals surface area (Å²) in [6.07, 6.45) is 1.92. The van der Waals surface area contributed by atoms with Crippen LogP contribution in [0.4, 0.5) is 0 Å². The van der Waals surface area contributed by atoms with E-state index in [9.17, 15) is 14.7 Å². The second-order valence-corrected chi connectivity index (χ2v) is 11.7. The number of likely N-dealkylation sites (tertiary alicyclic amines) is 1. The van der Waals surface area contributed by atoms with Crippen molar-refractivity contribution in [3.63, 3.8) is 0 Å². The lowest BCUT2D eigenvalue weighted by atomic mass is 9.77. The van der Waals surface area contributed by atoms with Crippen molar-refractivity contribution in [3.05, 3.63) is 64.5 Å². The number of allylic oxidation sites excluding steroid dienone is 1. The van der Waals surface area contributed by atoms with Gasteiger partial charge in [0.15, 0.2) is 11.5 Å². The number of rotatable bonds is 7. The fourth-order valence-corrected chi connectivity index (χ4v) is 6.55. The summed E-state index contributed by atoms with van der Waals surface area (Å²) in [7, 11) is 1.50. The van der Waals surface area contributed by atoms with E-state index in [1.807, 2.05) is 57.5 Å². The van der Waals surface area contributed by atoms with Gasteiger partial charge < -0.3 is 19.3 Å². The topological polar surface area (TPSA) is 106 Å². The van der Waals surface area contributed by atoms with Crippen molar-refractivity contribution in [1.82, 2.24) is 15.0 Å². The first-order chi connectivity index (χ1) is 18.1. The molecule has 2 aromatic heterocycles. The van der Waals surface area contributed by atoms with Gasteiger partial charge in [0.25, 0.3) is 5.88 Å². The Morgan fingerprint density at radius 3 is 2.63 bits per heavy atom. The number of aryl methyl sites for hydroxylation is 1. The van der Waals surface area contributed by atoms with Crippen LogP contribution in [0.1, 0.15) is 56.5 Å². The first kappa shape index (κ1) is 26.3. The molecule has 1 amide bonds. The predicted molar refractivity (Wildman–Crippen MR) is 144 cm³/mol. The van der Waals surface area contributed by atoms with Crippen LogP contribution in [0.2, 0.25) is 0 Å². The van der Waals surface area contributed by atoms with Gasteiger partial charge in [0.05, 0.1) is 40.8 Å². The van der Waals surface area contributed by atoms with Crippen LogP contribution >= 0.6 is 11.3 Å². The standard InChI is InChI=1S/C29H33N3O5S/c1-16(2)26(23-12-25(36-5)31-37-23)28(35)32-14-21(33)11-22(32)19-10-24(34)29(4,13-19)20-8-6-18(7-9-20)27-17(3)30-15-38-27/h6-10,12,15-16,21-22,26,33H,11,13-14H2,1-5H3/t21-,22-,26-,29+/m1/s1. The SMILES string of the molecule is COc1cc([C@H](C(=O)N2C[C@H](O)C[C@@H]2C2=CC(=O)[C@](C)(c3ccc(-c4scnc4C)cc3)C2)C(C)C)on1. The molecule has 2 aliphatic rings. The Balaban J connectivity index is 1.39. The largest absolute Gasteiger partial charge is 0.479 e. The maximum Gasteiger partial charge on any atom is 0.254 e. The summed E-state index contributed by atoms with van der Waals surface area (Å²) in [6, 6.07) is 9.40. The molecule has 3 heterocycles. The van der Waals surface area contributed by atoms with E-state index >= 15 is 0 Å². The highest BCUT2D eigenvalue weighted by molar-refractivity contribution is 7.13. The number of carbonyl (C=O) groups is 2. The number of thiazole rings is 1. The van der Waals surface area contributed by atoms with Crippen LogP contribution in [0.5, 0.6) is 5.88 Å². The van der Waals surface area contributed by atoms with E-state index in [0.29, 0.717) is 24.5 Å². The van der Waals surface area contributed by atoms with E-state index in [4.69, 9.17) is 9.26 Å². The highest BCUT2D eigenvalue weighted by atomic mass is 32.1. The zero-order chi connectivity index (χ0) is 27.2. The van der Waals surface area contributed by atoms with Crippen molar-refractivity contribution in [2.45, 2.75) is 64.0 Å². The molecule has 1 aromatic carbocycles. The number of hydrogen-bond donors (Lipinski definition) is 1. The van der Waals surface area contributed by atoms with Crippen LogP contribution in [0.3, 0.4) is 0 Å². The van der Waals surface area contributed by atoms with Crippen molar-refractivity contribution >= 4 is 23.0 Å². The number of benzene rings is 1. The first-order valence-electron chi connectivity index (χ1n) is 12.9. The van der Waals surface area contributed by atoms with Gasteiger partial charge in [-0.2, -0.15) is 0 Å². The molecule has 9 heteroatoms. The van der Waals surface area contributed by atoms with Gasteiger partial charge in [-0.25, -0.2) is 4.98 Å². The van der Waals surface area contributed by atoms with E-state index in [1.165, 1.54) is 7.11 Å². The first-order valence-corrected chi connectivity index (χ1v) is 13.8. The van der Waals surface area contributed by atoms with E-state index in [1.54, 1.807) is 28.4 Å². The average molecular weight is 536 g/mol. The van der Waals surface area contributed by atoms with Gasteiger partial charge >= 0.3 is 0 Å². The Labute approximate surface area is 226 Å². The minimum atomic E-state index is -0.728. The van der Waals surface area contributed by atoms with Gasteiger partial charge in [0.2, 0.25) is 5.91 Å². The number of nitrogens with zero attached hydrogens (tertiary/aromatic N) is 3. The van der Waals surface area contributed by atoms with Crippen LogP contribution in [-0.2, 0) is 15.0 Å². The quantitative estimate of drug-likeness (QED) is 0.469. The minimum Gasteiger partial charge on any atom is -0.479 e. The second kappa shape index (κ2) is 10.1. The summed E-state index contributed by atoms with van der Waals surface area (Å²) in [5, 5.41) is 14.5. The Morgan fingerprint density at radius 2 is 2.03 bits per heavy atom. The molecule has 1 aliphatic heterocycles. The maximum atomic E-state index is 13.9. The monoisotopic (exact) mass is 535 g/mol. The molecule has 0 saturated carbocycles. The molecule has 0 radical (unpaired) electrons. The van der Waals surface area contributed by atoms with Crippen LogP contribution in [0, 0.1) is 12.8 Å². The molecular weight excluding hydrogens is 502 g/mol. The number of carbonyl (C=O) groups excluding carboxylic acids is 2. The predicted octanol–water partition coefficient (Wildman–Crippen LogP) is 4.67. The molecular formula is C29H33N3O5S. The molecule has 8 nitrogen and oxygen atoms in total. The third kappa shape index (κ3) is 4.58. The van der Waals surface area contributed by atoms with E-state index < -0.39 is 17.4 Å². The van der Waals surface area contributed by atoms with Gasteiger partial charge in [0.1, 0.15) is 5.92 Å². The smallest absolute Gasteiger partial charge is 0.254 e. The molecule has 5 rings (SSSR count). The van der Waals surface area contributed by atoms with E-state index in [-0.39, 0.29) is 30.2 Å². The number of amides is 1. The molecule has 1 aliphatic carbocycles. The fourth-order valence-electron chi connectivity index (χ4n) is 5.74. The molecule has 3 aromatic rings. The highest BCUT2D eigenvalue weighted by Crippen LogP contribution is 2.43. The van der Waals surface area contributed by atoms with Crippen LogP contribution in [0.15, 0.2) is 52.0 Å². The van der Waals surface area contributed by atoms with Crippen LogP contribution < -0.4 is 4.74 Å². The van der Waals surface area contributed by atoms with Crippen molar-refractivity contribution in [2.75, 3.05) is 13.7 Å². The van der Waals surface area contributed by atoms with Crippen molar-refractivity contribution in [1.29, 1.82) is 0 Å². The summed E-state index contributed by atoms with van der Waals surface area (Å²) in [6.45, 7) is 8.06. The fraction of sp³-hybridized carbons (Fsp3) is 0.448. The Morgan fingerprint density at radius 1 is 1.29 bits per heavy atom. The minimum absolute atomic E-state index is 0.0170. The maximum absolute atomic E-state index is 13.9. The van der Waals surface area contributed by atoms with E-state index in [0.717, 1.165) is 27.3 Å². The summed E-state index contributed by atoms with van der Waals surface area (Å²) < 4.78 is 10.6. The van der Waals surface area contributed by atoms with Gasteiger partial charge in [-0.05, 0) is 60.5 Å². The molecule has 0 bridgehead atoms. The van der Waals surface area contributed by atoms with Crippen molar-refractivity contribution < 1.29 is 24.0 Å². The molecule has 1 N–H and O–H groups in total. The zero-order valence-corrected chi connectivity index (χ0v) is 23.1. The lowest BCUT2D eigenvalue weighted by molar-refractivity contribution is -0.135. The molecule has 0 spiro atoms. The lowest BCUT2D eigenvalue weighted by Crippen LogP contribution is -2.41. The Bertz CT molecular complexity index is 1370. The normalized spacial score (nSPS) is 24.2. The summed E-state index contributed by atoms with van der Waals surface area (Å²) in [5.74, 6) is -0.0304. The molecule has 0 unspecified atom stereocenters. The number of hydrogen-bond acceptors (Lipinski definition) is 8. The van der Waals surface area contributed by atoms with Gasteiger partial charge in [0, 0.05) is 12.6 Å². The lowest BCUT2D eigenvalue weighted by Gasteiger charge is -2.31. The third-order valence-electron chi connectivity index (χ3n) is 7.89. The number of ether oxygens (including phenoxy) is 1. The number of aliphatic hydroxyl groups is 1. The number of β-amino-alcohol motifs (C(OH)–C–C–N with tert-alkyl or cyclic N) is 1. The van der Waals surface area contributed by atoms with Gasteiger partial charge in [-0.15, -0.1) is 11.3 Å². The highest BCUT2D eigenvalue weighted by Gasteiger charge is 2.47. The average Bonchev–Trinajstić information content (AvgIpc) is 3.67. The summed E-state index contributed by atoms with van der Waals surface area (Å²) in [4.78, 5) is 34.4. The van der Waals surface area contributed by atoms with Gasteiger partial charge in [-0.3, -0.25) is 9.59 Å². The Kier molecular flexibility index (Phi) is 7.00. The molecule has 1 saturated heterocycles. The van der Waals surface area contributed by atoms with Crippen LogP contribution in [-0.4, -0.2) is 57.6 Å². The van der Waals surface area contributed by atoms with Crippen molar-refractivity contribution in [3.8, 4) is 16.3 Å². The zero-order valence-electron chi connectivity index (χ0n) is 22.3. The molecule has 38 heavy (non-hydrogen) atoms. The Hall–Kier alpha value is -3.30. The third-order valence-corrected chi connectivity index (χ3v) is 8.87. The van der Waals surface area contributed by atoms with Crippen LogP contribution in [0.25, 0.3) is 10.4 Å². The number of aliphatic hydroxyl groups excluding tert-OH is 1. The molecule has 200 valence electrons. The summed E-state index contributed by atoms with van der Waals surface area (Å²) >= 11 is 1.60. The molecule has 4 atom stereocenters. The van der Waals surface area contributed by atoms with Crippen molar-refractivity contribution in [2.24, 2.45) is 5.92 Å². The number of methoxy groups -OCH3 is 1. The van der Waals surface area contributed by atoms with E-state index in [2.05, 4.69) is 10.1 Å².